The number of hydrogen-bond acceptors (Lipinski definition) is 1. The van der Waals surface area contributed by atoms with Crippen molar-refractivity contribution >= 4 is 20.9 Å². The van der Waals surface area contributed by atoms with Gasteiger partial charge in [-0.15, -0.1) is 0 Å². The molecule has 0 aliphatic rings. The van der Waals surface area contributed by atoms with Crippen LogP contribution < -0.4 is 0 Å². The van der Waals surface area contributed by atoms with Crippen LogP contribution in [0.2, 0.25) is 8.94 Å². The van der Waals surface area contributed by atoms with Crippen LogP contribution in [0.25, 0.3) is 0 Å². The van der Waals surface area contributed by atoms with Crippen molar-refractivity contribution in [2.75, 3.05) is 0 Å². The van der Waals surface area contributed by atoms with E-state index in [1.165, 1.54) is 21.8 Å². The average Bonchev–Trinajstić information content (AvgIpc) is 1.87. The van der Waals surface area contributed by atoms with E-state index in [-0.39, 0.29) is 27.0 Å². The van der Waals surface area contributed by atoms with Crippen LogP contribution in [-0.4, -0.2) is 32.1 Å². The minimum atomic E-state index is -0.0632. The molecule has 1 atom stereocenters. The molecule has 2 heteroatoms. The third kappa shape index (κ3) is 8.75. The first-order valence-electron chi connectivity index (χ1n) is 4.03. The predicted octanol–water partition coefficient (Wildman–Crippen LogP) is 2.10. The molecule has 1 unspecified atom stereocenters. The first-order valence-corrected chi connectivity index (χ1v) is 7.32. The maximum atomic E-state index is 8.93. The van der Waals surface area contributed by atoms with Crippen molar-refractivity contribution in [3.63, 3.8) is 0 Å². The Morgan fingerprint density at radius 1 is 1.40 bits per heavy atom. The Kier molecular flexibility index (Phi) is 8.44. The molecule has 0 bridgehead atoms. The van der Waals surface area contributed by atoms with Gasteiger partial charge in [0.1, 0.15) is 0 Å². The van der Waals surface area contributed by atoms with Gasteiger partial charge < -0.3 is 0 Å². The van der Waals surface area contributed by atoms with Gasteiger partial charge in [-0.05, 0) is 0 Å². The van der Waals surface area contributed by atoms with Gasteiger partial charge >= 0.3 is 74.2 Å². The van der Waals surface area contributed by atoms with Gasteiger partial charge in [-0.1, -0.05) is 0 Å². The third-order valence-corrected chi connectivity index (χ3v) is 4.47. The summed E-state index contributed by atoms with van der Waals surface area (Å²) in [4.78, 5) is 0. The third-order valence-electron chi connectivity index (χ3n) is 1.32. The summed E-state index contributed by atoms with van der Waals surface area (Å²) in [5, 5.41) is 8.93. The van der Waals surface area contributed by atoms with Crippen molar-refractivity contribution in [3.8, 4) is 0 Å². The number of aliphatic hydroxyl groups excluding tert-OH is 1. The molecule has 1 nitrogen and oxygen atoms in total. The SMILES string of the molecule is CCCC[Te]CCC(C)O. The molecule has 0 aromatic heterocycles. The predicted molar refractivity (Wildman–Crippen MR) is 46.6 cm³/mol. The van der Waals surface area contributed by atoms with Crippen LogP contribution in [-0.2, 0) is 0 Å². The van der Waals surface area contributed by atoms with E-state index in [1.54, 1.807) is 0 Å². The van der Waals surface area contributed by atoms with Crippen LogP contribution in [0.4, 0.5) is 0 Å². The second kappa shape index (κ2) is 7.85. The fourth-order valence-electron chi connectivity index (χ4n) is 0.602. The van der Waals surface area contributed by atoms with E-state index in [1.807, 2.05) is 6.92 Å². The van der Waals surface area contributed by atoms with E-state index < -0.39 is 0 Å². The molecule has 0 aliphatic heterocycles. The molecule has 10 heavy (non-hydrogen) atoms. The molecule has 0 spiro atoms. The van der Waals surface area contributed by atoms with Gasteiger partial charge in [0.15, 0.2) is 0 Å². The topological polar surface area (TPSA) is 20.2 Å². The Balaban J connectivity index is 2.77. The van der Waals surface area contributed by atoms with Crippen molar-refractivity contribution < 1.29 is 5.11 Å². The summed E-state index contributed by atoms with van der Waals surface area (Å²) in [5.41, 5.74) is 0. The number of rotatable bonds is 6. The molecule has 0 saturated carbocycles. The molecule has 1 N–H and O–H groups in total. The molecular weight excluding hydrogens is 240 g/mol. The first kappa shape index (κ1) is 10.7. The van der Waals surface area contributed by atoms with Gasteiger partial charge in [0.05, 0.1) is 0 Å². The number of hydrogen-bond donors (Lipinski definition) is 1. The molecule has 0 saturated heterocycles. The van der Waals surface area contributed by atoms with Crippen LogP contribution >= 0.6 is 0 Å². The fraction of sp³-hybridized carbons (Fsp3) is 1.00. The Morgan fingerprint density at radius 2 is 2.10 bits per heavy atom. The molecule has 0 heterocycles. The number of aliphatic hydroxyl groups is 1. The van der Waals surface area contributed by atoms with E-state index in [0.29, 0.717) is 0 Å². The minimum absolute atomic E-state index is 0.0632. The van der Waals surface area contributed by atoms with Crippen LogP contribution in [0.3, 0.4) is 0 Å². The second-order valence-electron chi connectivity index (χ2n) is 2.60. The van der Waals surface area contributed by atoms with Crippen LogP contribution in [0, 0.1) is 0 Å². The molecule has 0 radical (unpaired) electrons. The van der Waals surface area contributed by atoms with Crippen molar-refractivity contribution in [1.29, 1.82) is 0 Å². The molecule has 0 aromatic carbocycles. The molecular formula is C8H18OTe. The van der Waals surface area contributed by atoms with Gasteiger partial charge in [-0.25, -0.2) is 0 Å². The standard InChI is InChI=1S/C8H18OTe/c1-3-4-6-10-7-5-8(2)9/h8-9H,3-7H2,1-2H3. The Morgan fingerprint density at radius 3 is 2.60 bits per heavy atom. The summed E-state index contributed by atoms with van der Waals surface area (Å²) in [7, 11) is 0. The summed E-state index contributed by atoms with van der Waals surface area (Å²) in [6, 6.07) is 0. The van der Waals surface area contributed by atoms with Crippen LogP contribution in [0.1, 0.15) is 33.1 Å². The van der Waals surface area contributed by atoms with E-state index in [9.17, 15) is 0 Å². The first-order chi connectivity index (χ1) is 4.77. The van der Waals surface area contributed by atoms with Gasteiger partial charge in [0, 0.05) is 0 Å². The summed E-state index contributed by atoms with van der Waals surface area (Å²) in [6.07, 6.45) is 3.71. The van der Waals surface area contributed by atoms with Crippen LogP contribution in [0.5, 0.6) is 0 Å². The average molecular weight is 258 g/mol. The van der Waals surface area contributed by atoms with Gasteiger partial charge in [0.25, 0.3) is 0 Å². The fourth-order valence-corrected chi connectivity index (χ4v) is 4.04. The summed E-state index contributed by atoms with van der Waals surface area (Å²) in [6.45, 7) is 4.12. The van der Waals surface area contributed by atoms with Crippen molar-refractivity contribution in [1.82, 2.24) is 0 Å². The van der Waals surface area contributed by atoms with E-state index >= 15 is 0 Å². The maximum absolute atomic E-state index is 8.93. The summed E-state index contributed by atoms with van der Waals surface area (Å²) >= 11 is 0.267. The van der Waals surface area contributed by atoms with E-state index in [2.05, 4.69) is 6.92 Å². The van der Waals surface area contributed by atoms with Crippen LogP contribution in [0.15, 0.2) is 0 Å². The molecule has 0 aliphatic carbocycles. The van der Waals surface area contributed by atoms with Gasteiger partial charge in [-0.3, -0.25) is 0 Å². The summed E-state index contributed by atoms with van der Waals surface area (Å²) < 4.78 is 2.79. The molecule has 62 valence electrons. The second-order valence-corrected chi connectivity index (χ2v) is 6.10. The van der Waals surface area contributed by atoms with Gasteiger partial charge in [-0.2, -0.15) is 0 Å². The Bertz CT molecular complexity index is 64.3. The van der Waals surface area contributed by atoms with Gasteiger partial charge in [0.2, 0.25) is 0 Å². The quantitative estimate of drug-likeness (QED) is 0.571. The van der Waals surface area contributed by atoms with Crippen molar-refractivity contribution in [2.24, 2.45) is 0 Å². The van der Waals surface area contributed by atoms with Crippen molar-refractivity contribution in [2.45, 2.75) is 48.2 Å². The van der Waals surface area contributed by atoms with E-state index in [0.717, 1.165) is 6.42 Å². The van der Waals surface area contributed by atoms with Crippen molar-refractivity contribution in [3.05, 3.63) is 0 Å². The molecule has 0 rings (SSSR count). The molecule has 0 aromatic rings. The summed E-state index contributed by atoms with van der Waals surface area (Å²) in [5.74, 6) is 0. The van der Waals surface area contributed by atoms with E-state index in [4.69, 9.17) is 5.11 Å². The Labute approximate surface area is 74.3 Å². The number of unbranched alkanes of at least 4 members (excludes halogenated alkanes) is 1. The zero-order valence-electron chi connectivity index (χ0n) is 6.97. The zero-order valence-corrected chi connectivity index (χ0v) is 9.30. The zero-order chi connectivity index (χ0) is 7.82. The normalized spacial score (nSPS) is 13.5. The molecule has 0 fully saturated rings. The molecule has 0 amide bonds. The Hall–Kier alpha value is 0.750. The monoisotopic (exact) mass is 260 g/mol.